The number of rotatable bonds is 2. The molecule has 4 aromatic rings. The molecular weight excluding hydrogens is 356 g/mol. The molecule has 0 radical (unpaired) electrons. The standard InChI is InChI=1S/C27H22O2/c1-17-7-16-24-23-5-3-4-6-25(23)27(26(24)18(17)2,19-8-12-21(28)13-9-19)20-10-14-22(29)15-11-20/h3-16,28-29H,1-2H3. The van der Waals surface area contributed by atoms with Crippen LogP contribution >= 0.6 is 0 Å². The SMILES string of the molecule is Cc1ccc2c(c1C)C(c1ccc(O)cc1)(c1ccc(O)cc1)c1ccccc1-2. The Kier molecular flexibility index (Phi) is 3.78. The molecule has 0 spiro atoms. The summed E-state index contributed by atoms with van der Waals surface area (Å²) >= 11 is 0. The molecular formula is C27H22O2. The molecule has 0 saturated heterocycles. The second-order valence-electron chi connectivity index (χ2n) is 7.82. The monoisotopic (exact) mass is 378 g/mol. The fourth-order valence-electron chi connectivity index (χ4n) is 4.89. The molecule has 0 saturated carbocycles. The molecule has 0 unspecified atom stereocenters. The Morgan fingerprint density at radius 3 is 1.72 bits per heavy atom. The summed E-state index contributed by atoms with van der Waals surface area (Å²) in [6, 6.07) is 28.0. The minimum Gasteiger partial charge on any atom is -0.508 e. The first kappa shape index (κ1) is 17.6. The van der Waals surface area contributed by atoms with Crippen LogP contribution < -0.4 is 0 Å². The Balaban J connectivity index is 1.99. The highest BCUT2D eigenvalue weighted by Crippen LogP contribution is 2.57. The number of aromatic hydroxyl groups is 2. The molecule has 5 rings (SSSR count). The number of fused-ring (bicyclic) bond motifs is 3. The lowest BCUT2D eigenvalue weighted by molar-refractivity contribution is 0.474. The predicted octanol–water partition coefficient (Wildman–Crippen LogP) is 6.08. The Labute approximate surface area is 170 Å². The minimum absolute atomic E-state index is 0.252. The van der Waals surface area contributed by atoms with E-state index < -0.39 is 5.41 Å². The van der Waals surface area contributed by atoms with E-state index in [1.807, 2.05) is 24.3 Å². The molecule has 1 aliphatic rings. The van der Waals surface area contributed by atoms with Gasteiger partial charge in [-0.05, 0) is 82.6 Å². The van der Waals surface area contributed by atoms with Gasteiger partial charge in [-0.3, -0.25) is 0 Å². The van der Waals surface area contributed by atoms with Crippen LogP contribution in [0.5, 0.6) is 11.5 Å². The second kappa shape index (κ2) is 6.25. The normalized spacial score (nSPS) is 13.7. The van der Waals surface area contributed by atoms with Crippen LogP contribution in [-0.2, 0) is 5.41 Å². The number of phenols is 2. The zero-order valence-corrected chi connectivity index (χ0v) is 16.5. The summed E-state index contributed by atoms with van der Waals surface area (Å²) in [4.78, 5) is 0. The molecule has 0 aliphatic heterocycles. The van der Waals surface area contributed by atoms with E-state index in [-0.39, 0.29) is 11.5 Å². The molecule has 29 heavy (non-hydrogen) atoms. The molecule has 4 aromatic carbocycles. The van der Waals surface area contributed by atoms with Gasteiger partial charge in [0.05, 0.1) is 5.41 Å². The summed E-state index contributed by atoms with van der Waals surface area (Å²) in [5.74, 6) is 0.504. The maximum Gasteiger partial charge on any atom is 0.115 e. The van der Waals surface area contributed by atoms with Gasteiger partial charge < -0.3 is 10.2 Å². The van der Waals surface area contributed by atoms with Crippen molar-refractivity contribution in [3.8, 4) is 22.6 Å². The van der Waals surface area contributed by atoms with Crippen molar-refractivity contribution in [2.75, 3.05) is 0 Å². The van der Waals surface area contributed by atoms with Crippen LogP contribution in [0.1, 0.15) is 33.4 Å². The van der Waals surface area contributed by atoms with Crippen LogP contribution in [-0.4, -0.2) is 10.2 Å². The van der Waals surface area contributed by atoms with Crippen molar-refractivity contribution >= 4 is 0 Å². The van der Waals surface area contributed by atoms with E-state index in [0.29, 0.717) is 0 Å². The average molecular weight is 378 g/mol. The summed E-state index contributed by atoms with van der Waals surface area (Å²) in [7, 11) is 0. The third-order valence-electron chi connectivity index (χ3n) is 6.33. The lowest BCUT2D eigenvalue weighted by Gasteiger charge is -2.35. The average Bonchev–Trinajstić information content (AvgIpc) is 3.04. The maximum atomic E-state index is 9.95. The van der Waals surface area contributed by atoms with E-state index in [2.05, 4.69) is 50.2 Å². The van der Waals surface area contributed by atoms with Crippen molar-refractivity contribution in [2.45, 2.75) is 19.3 Å². The van der Waals surface area contributed by atoms with Crippen molar-refractivity contribution in [1.29, 1.82) is 0 Å². The summed E-state index contributed by atoms with van der Waals surface area (Å²) in [5, 5.41) is 19.9. The van der Waals surface area contributed by atoms with E-state index in [9.17, 15) is 10.2 Å². The second-order valence-corrected chi connectivity index (χ2v) is 7.82. The summed E-state index contributed by atoms with van der Waals surface area (Å²) < 4.78 is 0. The van der Waals surface area contributed by atoms with Gasteiger partial charge in [-0.25, -0.2) is 0 Å². The fourth-order valence-corrected chi connectivity index (χ4v) is 4.89. The molecule has 2 heteroatoms. The van der Waals surface area contributed by atoms with Gasteiger partial charge in [0.1, 0.15) is 11.5 Å². The number of hydrogen-bond donors (Lipinski definition) is 2. The molecule has 2 nitrogen and oxygen atoms in total. The molecule has 0 amide bonds. The van der Waals surface area contributed by atoms with E-state index in [1.165, 1.54) is 33.4 Å². The Bertz CT molecular complexity index is 1170. The van der Waals surface area contributed by atoms with Gasteiger partial charge in [0.2, 0.25) is 0 Å². The maximum absolute atomic E-state index is 9.95. The van der Waals surface area contributed by atoms with Crippen LogP contribution in [0.4, 0.5) is 0 Å². The van der Waals surface area contributed by atoms with Gasteiger partial charge in [0.25, 0.3) is 0 Å². The lowest BCUT2D eigenvalue weighted by Crippen LogP contribution is -2.29. The third kappa shape index (κ3) is 2.35. The molecule has 0 aromatic heterocycles. The first-order valence-electron chi connectivity index (χ1n) is 9.83. The van der Waals surface area contributed by atoms with Gasteiger partial charge in [0, 0.05) is 0 Å². The number of hydrogen-bond acceptors (Lipinski definition) is 2. The Morgan fingerprint density at radius 1 is 0.586 bits per heavy atom. The highest BCUT2D eigenvalue weighted by Gasteiger charge is 2.47. The van der Waals surface area contributed by atoms with E-state index in [1.54, 1.807) is 24.3 Å². The highest BCUT2D eigenvalue weighted by atomic mass is 16.3. The van der Waals surface area contributed by atoms with Crippen LogP contribution in [0.2, 0.25) is 0 Å². The van der Waals surface area contributed by atoms with Crippen molar-refractivity contribution in [1.82, 2.24) is 0 Å². The predicted molar refractivity (Wildman–Crippen MR) is 117 cm³/mol. The molecule has 2 N–H and O–H groups in total. The zero-order valence-electron chi connectivity index (χ0n) is 16.5. The van der Waals surface area contributed by atoms with Crippen LogP contribution in [0.3, 0.4) is 0 Å². The summed E-state index contributed by atoms with van der Waals surface area (Å²) in [6.07, 6.45) is 0. The largest absolute Gasteiger partial charge is 0.508 e. The fraction of sp³-hybridized carbons (Fsp3) is 0.111. The molecule has 0 atom stereocenters. The summed E-state index contributed by atoms with van der Waals surface area (Å²) in [5.41, 5.74) is 9.16. The van der Waals surface area contributed by atoms with Crippen LogP contribution in [0, 0.1) is 13.8 Å². The summed E-state index contributed by atoms with van der Waals surface area (Å²) in [6.45, 7) is 4.34. The zero-order chi connectivity index (χ0) is 20.2. The Hall–Kier alpha value is -3.52. The topological polar surface area (TPSA) is 40.5 Å². The number of phenolic OH excluding ortho intramolecular Hbond substituents is 2. The van der Waals surface area contributed by atoms with Gasteiger partial charge >= 0.3 is 0 Å². The smallest absolute Gasteiger partial charge is 0.115 e. The molecule has 0 heterocycles. The van der Waals surface area contributed by atoms with Crippen LogP contribution in [0.25, 0.3) is 11.1 Å². The number of aryl methyl sites for hydroxylation is 1. The van der Waals surface area contributed by atoms with Crippen molar-refractivity contribution in [2.24, 2.45) is 0 Å². The van der Waals surface area contributed by atoms with Crippen molar-refractivity contribution in [3.63, 3.8) is 0 Å². The van der Waals surface area contributed by atoms with Gasteiger partial charge in [-0.1, -0.05) is 60.7 Å². The number of benzene rings is 4. The molecule has 142 valence electrons. The van der Waals surface area contributed by atoms with Gasteiger partial charge in [0.15, 0.2) is 0 Å². The van der Waals surface area contributed by atoms with Crippen molar-refractivity contribution in [3.05, 3.63) is 118 Å². The van der Waals surface area contributed by atoms with E-state index in [0.717, 1.165) is 11.1 Å². The quantitative estimate of drug-likeness (QED) is 0.391. The lowest BCUT2D eigenvalue weighted by atomic mass is 9.66. The molecule has 0 bridgehead atoms. The third-order valence-corrected chi connectivity index (χ3v) is 6.33. The minimum atomic E-state index is -0.510. The molecule has 1 aliphatic carbocycles. The Morgan fingerprint density at radius 2 is 1.14 bits per heavy atom. The first-order chi connectivity index (χ1) is 14.0. The van der Waals surface area contributed by atoms with Crippen LogP contribution in [0.15, 0.2) is 84.9 Å². The van der Waals surface area contributed by atoms with E-state index in [4.69, 9.17) is 0 Å². The van der Waals surface area contributed by atoms with Gasteiger partial charge in [-0.15, -0.1) is 0 Å². The van der Waals surface area contributed by atoms with Crippen molar-refractivity contribution < 1.29 is 10.2 Å². The first-order valence-corrected chi connectivity index (χ1v) is 9.83. The highest BCUT2D eigenvalue weighted by molar-refractivity contribution is 5.87. The molecule has 0 fully saturated rings. The van der Waals surface area contributed by atoms with E-state index >= 15 is 0 Å². The van der Waals surface area contributed by atoms with Gasteiger partial charge in [-0.2, -0.15) is 0 Å².